The first-order valence-corrected chi connectivity index (χ1v) is 8.35. The van der Waals surface area contributed by atoms with Crippen molar-refractivity contribution in [3.63, 3.8) is 0 Å². The molecule has 2 fully saturated rings. The zero-order chi connectivity index (χ0) is 15.9. The molecule has 0 unspecified atom stereocenters. The Morgan fingerprint density at radius 3 is 2.61 bits per heavy atom. The Balaban J connectivity index is 1.66. The van der Waals surface area contributed by atoms with Gasteiger partial charge in [0.25, 0.3) is 5.69 Å². The van der Waals surface area contributed by atoms with Crippen LogP contribution in [0.4, 0.5) is 11.4 Å². The molecule has 2 aliphatic heterocycles. The molecule has 0 radical (unpaired) electrons. The van der Waals surface area contributed by atoms with Gasteiger partial charge in [0.05, 0.1) is 10.3 Å². The molecule has 0 aliphatic carbocycles. The van der Waals surface area contributed by atoms with Crippen molar-refractivity contribution < 1.29 is 4.92 Å². The average molecular weight is 311 g/mol. The number of fused-ring (bicyclic) bond motifs is 2. The van der Waals surface area contributed by atoms with Crippen molar-refractivity contribution in [3.05, 3.63) is 46.5 Å². The van der Waals surface area contributed by atoms with Crippen LogP contribution in [0.1, 0.15) is 25.7 Å². The summed E-state index contributed by atoms with van der Waals surface area (Å²) in [5, 5.41) is 16.6. The van der Waals surface area contributed by atoms with E-state index < -0.39 is 0 Å². The first kappa shape index (κ1) is 14.5. The number of nitrogens with zero attached hydrogens (tertiary/aromatic N) is 2. The highest BCUT2D eigenvalue weighted by Crippen LogP contribution is 2.40. The van der Waals surface area contributed by atoms with E-state index in [1.807, 2.05) is 36.4 Å². The van der Waals surface area contributed by atoms with E-state index in [1.54, 1.807) is 0 Å². The van der Waals surface area contributed by atoms with Crippen LogP contribution < -0.4 is 5.32 Å². The van der Waals surface area contributed by atoms with Crippen molar-refractivity contribution in [3.8, 4) is 0 Å². The Kier molecular flexibility index (Phi) is 3.45. The normalized spacial score (nSPS) is 19.8. The predicted molar refractivity (Wildman–Crippen MR) is 91.9 cm³/mol. The van der Waals surface area contributed by atoms with E-state index in [1.165, 1.54) is 38.8 Å². The minimum absolute atomic E-state index is 0.196. The lowest BCUT2D eigenvalue weighted by molar-refractivity contribution is -0.382. The number of nitro benzene ring substituents is 1. The number of nitrogens with one attached hydrogen (secondary N) is 1. The zero-order valence-corrected chi connectivity index (χ0v) is 13.1. The molecule has 0 spiro atoms. The summed E-state index contributed by atoms with van der Waals surface area (Å²) in [6, 6.07) is 11.3. The van der Waals surface area contributed by atoms with Crippen LogP contribution in [0, 0.1) is 10.1 Å². The van der Waals surface area contributed by atoms with Crippen LogP contribution in [0.5, 0.6) is 0 Å². The Hall–Kier alpha value is -2.14. The molecule has 23 heavy (non-hydrogen) atoms. The minimum Gasteiger partial charge on any atom is -0.378 e. The molecule has 2 aromatic rings. The molecule has 4 rings (SSSR count). The lowest BCUT2D eigenvalue weighted by atomic mass is 9.94. The molecule has 120 valence electrons. The van der Waals surface area contributed by atoms with Gasteiger partial charge in [-0.05, 0) is 56.3 Å². The fraction of sp³-hybridized carbons (Fsp3) is 0.444. The maximum absolute atomic E-state index is 11.6. The zero-order valence-electron chi connectivity index (χ0n) is 13.1. The molecule has 0 aromatic heterocycles. The second-order valence-corrected chi connectivity index (χ2v) is 6.71. The van der Waals surface area contributed by atoms with Crippen molar-refractivity contribution in [2.45, 2.75) is 31.2 Å². The van der Waals surface area contributed by atoms with Gasteiger partial charge in [-0.15, -0.1) is 0 Å². The minimum atomic E-state index is -0.261. The van der Waals surface area contributed by atoms with Crippen molar-refractivity contribution >= 4 is 22.1 Å². The van der Waals surface area contributed by atoms with Gasteiger partial charge in [0.2, 0.25) is 0 Å². The third-order valence-electron chi connectivity index (χ3n) is 5.50. The van der Waals surface area contributed by atoms with E-state index in [2.05, 4.69) is 10.2 Å². The molecule has 2 saturated heterocycles. The molecule has 1 N–H and O–H groups in total. The quantitative estimate of drug-likeness (QED) is 0.689. The molecule has 5 nitrogen and oxygen atoms in total. The highest BCUT2D eigenvalue weighted by atomic mass is 16.6. The number of hydrogen-bond acceptors (Lipinski definition) is 4. The van der Waals surface area contributed by atoms with Crippen LogP contribution in [-0.2, 0) is 0 Å². The van der Waals surface area contributed by atoms with Gasteiger partial charge in [-0.2, -0.15) is 0 Å². The number of anilines is 1. The summed E-state index contributed by atoms with van der Waals surface area (Å²) < 4.78 is 0. The second-order valence-electron chi connectivity index (χ2n) is 6.71. The molecule has 2 heterocycles. The molecule has 0 bridgehead atoms. The fourth-order valence-electron chi connectivity index (χ4n) is 4.37. The smallest absolute Gasteiger partial charge is 0.300 e. The van der Waals surface area contributed by atoms with Crippen LogP contribution >= 0.6 is 0 Å². The summed E-state index contributed by atoms with van der Waals surface area (Å²) in [4.78, 5) is 13.9. The second kappa shape index (κ2) is 5.49. The third-order valence-corrected chi connectivity index (χ3v) is 5.50. The number of benzene rings is 2. The van der Waals surface area contributed by atoms with Crippen LogP contribution in [0.3, 0.4) is 0 Å². The standard InChI is InChI=1S/C18H21N3O2/c22-21(23)17-15-6-2-1-5-14(15)7-8-16(17)19-13-18-9-3-11-20(18)12-4-10-18/h1-2,5-8,19H,3-4,9-13H2. The predicted octanol–water partition coefficient (Wildman–Crippen LogP) is 3.79. The summed E-state index contributed by atoms with van der Waals surface area (Å²) in [6.45, 7) is 3.13. The van der Waals surface area contributed by atoms with Crippen LogP contribution in [-0.4, -0.2) is 35.0 Å². The maximum atomic E-state index is 11.6. The van der Waals surface area contributed by atoms with Crippen LogP contribution in [0.2, 0.25) is 0 Å². The van der Waals surface area contributed by atoms with Gasteiger partial charge in [0.15, 0.2) is 0 Å². The maximum Gasteiger partial charge on any atom is 0.300 e. The monoisotopic (exact) mass is 311 g/mol. The molecule has 0 saturated carbocycles. The van der Waals surface area contributed by atoms with E-state index in [0.29, 0.717) is 11.1 Å². The summed E-state index contributed by atoms with van der Waals surface area (Å²) in [5.41, 5.74) is 1.04. The van der Waals surface area contributed by atoms with Gasteiger partial charge in [0.1, 0.15) is 5.69 Å². The highest BCUT2D eigenvalue weighted by Gasteiger charge is 2.44. The van der Waals surface area contributed by atoms with E-state index in [0.717, 1.165) is 11.9 Å². The SMILES string of the molecule is O=[N+]([O-])c1c(NCC23CCCN2CCC3)ccc2ccccc12. The van der Waals surface area contributed by atoms with Crippen molar-refractivity contribution in [2.24, 2.45) is 0 Å². The lowest BCUT2D eigenvalue weighted by Crippen LogP contribution is -2.44. The molecule has 0 atom stereocenters. The summed E-state index contributed by atoms with van der Waals surface area (Å²) >= 11 is 0. The Morgan fingerprint density at radius 1 is 1.13 bits per heavy atom. The van der Waals surface area contributed by atoms with E-state index in [4.69, 9.17) is 0 Å². The molecular weight excluding hydrogens is 290 g/mol. The fourth-order valence-corrected chi connectivity index (χ4v) is 4.37. The Morgan fingerprint density at radius 2 is 1.87 bits per heavy atom. The molecular formula is C18H21N3O2. The van der Waals surface area contributed by atoms with Crippen LogP contribution in [0.25, 0.3) is 10.8 Å². The van der Waals surface area contributed by atoms with Gasteiger partial charge >= 0.3 is 0 Å². The van der Waals surface area contributed by atoms with Crippen LogP contribution in [0.15, 0.2) is 36.4 Å². The highest BCUT2D eigenvalue weighted by molar-refractivity contribution is 5.96. The van der Waals surface area contributed by atoms with Crippen molar-refractivity contribution in [1.29, 1.82) is 0 Å². The van der Waals surface area contributed by atoms with E-state index in [9.17, 15) is 10.1 Å². The van der Waals surface area contributed by atoms with E-state index in [-0.39, 0.29) is 16.1 Å². The third kappa shape index (κ3) is 2.36. The molecule has 5 heteroatoms. The topological polar surface area (TPSA) is 58.4 Å². The molecule has 2 aromatic carbocycles. The summed E-state index contributed by atoms with van der Waals surface area (Å²) in [5.74, 6) is 0. The Labute approximate surface area is 135 Å². The number of hydrogen-bond donors (Lipinski definition) is 1. The molecule has 0 amide bonds. The average Bonchev–Trinajstić information content (AvgIpc) is 3.12. The Bertz CT molecular complexity index is 749. The van der Waals surface area contributed by atoms with Gasteiger partial charge in [-0.25, -0.2) is 0 Å². The first-order valence-electron chi connectivity index (χ1n) is 8.35. The van der Waals surface area contributed by atoms with E-state index >= 15 is 0 Å². The summed E-state index contributed by atoms with van der Waals surface area (Å²) in [6.07, 6.45) is 4.87. The van der Waals surface area contributed by atoms with Gasteiger partial charge in [-0.1, -0.05) is 24.3 Å². The largest absolute Gasteiger partial charge is 0.378 e. The van der Waals surface area contributed by atoms with Gasteiger partial charge < -0.3 is 5.32 Å². The number of rotatable bonds is 4. The van der Waals surface area contributed by atoms with Crippen molar-refractivity contribution in [2.75, 3.05) is 25.0 Å². The molecule has 2 aliphatic rings. The van der Waals surface area contributed by atoms with Gasteiger partial charge in [-0.3, -0.25) is 15.0 Å². The lowest BCUT2D eigenvalue weighted by Gasteiger charge is -2.32. The van der Waals surface area contributed by atoms with Crippen molar-refractivity contribution in [1.82, 2.24) is 4.90 Å². The first-order chi connectivity index (χ1) is 11.2. The summed E-state index contributed by atoms with van der Waals surface area (Å²) in [7, 11) is 0. The van der Waals surface area contributed by atoms with Gasteiger partial charge in [0, 0.05) is 12.1 Å². The number of nitro groups is 1.